The summed E-state index contributed by atoms with van der Waals surface area (Å²) in [6.07, 6.45) is 2.85. The average molecular weight is 482 g/mol. The lowest BCUT2D eigenvalue weighted by Gasteiger charge is -2.41. The van der Waals surface area contributed by atoms with Gasteiger partial charge >= 0.3 is 0 Å². The fourth-order valence-corrected chi connectivity index (χ4v) is 6.53. The van der Waals surface area contributed by atoms with Gasteiger partial charge in [-0.15, -0.1) is 0 Å². The van der Waals surface area contributed by atoms with E-state index in [-0.39, 0.29) is 35.0 Å². The molecule has 0 spiro atoms. The van der Waals surface area contributed by atoms with E-state index in [0.29, 0.717) is 44.2 Å². The summed E-state index contributed by atoms with van der Waals surface area (Å²) in [6.45, 7) is 12.6. The SMILES string of the molecule is CCOc1ccc(NC(=O)C(C(C)C)N2CC(C)OC(C)C2)cc1S(=O)(=O)N1CCCCC1. The first kappa shape index (κ1) is 25.9. The molecule has 33 heavy (non-hydrogen) atoms. The van der Waals surface area contributed by atoms with E-state index in [1.54, 1.807) is 12.1 Å². The molecule has 0 saturated carbocycles. The van der Waals surface area contributed by atoms with Crippen molar-refractivity contribution in [3.05, 3.63) is 18.2 Å². The van der Waals surface area contributed by atoms with Crippen LogP contribution in [0, 0.1) is 5.92 Å². The Balaban J connectivity index is 1.86. The Labute approximate surface area is 198 Å². The molecular formula is C24H39N3O5S. The summed E-state index contributed by atoms with van der Waals surface area (Å²) in [5, 5.41) is 2.98. The maximum Gasteiger partial charge on any atom is 0.246 e. The lowest BCUT2D eigenvalue weighted by Crippen LogP contribution is -2.55. The van der Waals surface area contributed by atoms with Gasteiger partial charge in [-0.25, -0.2) is 8.42 Å². The summed E-state index contributed by atoms with van der Waals surface area (Å²) in [5.74, 6) is 0.260. The van der Waals surface area contributed by atoms with Crippen LogP contribution in [0.15, 0.2) is 23.1 Å². The molecule has 8 nitrogen and oxygen atoms in total. The number of hydrogen-bond donors (Lipinski definition) is 1. The molecule has 0 aliphatic carbocycles. The van der Waals surface area contributed by atoms with Gasteiger partial charge in [0.05, 0.1) is 24.9 Å². The number of anilines is 1. The first-order chi connectivity index (χ1) is 15.6. The van der Waals surface area contributed by atoms with Gasteiger partial charge in [-0.3, -0.25) is 9.69 Å². The fraction of sp³-hybridized carbons (Fsp3) is 0.708. The molecule has 3 unspecified atom stereocenters. The van der Waals surface area contributed by atoms with Gasteiger partial charge in [-0.05, 0) is 57.7 Å². The number of amides is 1. The first-order valence-corrected chi connectivity index (χ1v) is 13.5. The molecule has 2 aliphatic rings. The van der Waals surface area contributed by atoms with Crippen LogP contribution in [0.4, 0.5) is 5.69 Å². The van der Waals surface area contributed by atoms with Crippen molar-refractivity contribution >= 4 is 21.6 Å². The molecule has 1 amide bonds. The molecule has 0 bridgehead atoms. The normalized spacial score (nSPS) is 23.9. The topological polar surface area (TPSA) is 88.2 Å². The number of carbonyl (C=O) groups excluding carboxylic acids is 1. The Morgan fingerprint density at radius 3 is 2.36 bits per heavy atom. The number of nitrogens with one attached hydrogen (secondary N) is 1. The Morgan fingerprint density at radius 2 is 1.79 bits per heavy atom. The number of sulfonamides is 1. The van der Waals surface area contributed by atoms with E-state index in [9.17, 15) is 13.2 Å². The van der Waals surface area contributed by atoms with Crippen molar-refractivity contribution in [1.82, 2.24) is 9.21 Å². The minimum atomic E-state index is -3.71. The molecule has 0 aromatic heterocycles. The van der Waals surface area contributed by atoms with Gasteiger partial charge in [0, 0.05) is 31.9 Å². The zero-order valence-corrected chi connectivity index (χ0v) is 21.4. The number of piperidine rings is 1. The van der Waals surface area contributed by atoms with Gasteiger partial charge in [-0.2, -0.15) is 4.31 Å². The van der Waals surface area contributed by atoms with Crippen molar-refractivity contribution in [3.8, 4) is 5.75 Å². The van der Waals surface area contributed by atoms with E-state index in [2.05, 4.69) is 10.2 Å². The Hall–Kier alpha value is -1.68. The number of benzene rings is 1. The summed E-state index contributed by atoms with van der Waals surface area (Å²) in [7, 11) is -3.71. The van der Waals surface area contributed by atoms with E-state index in [4.69, 9.17) is 9.47 Å². The highest BCUT2D eigenvalue weighted by Gasteiger charge is 2.35. The molecule has 2 fully saturated rings. The second kappa shape index (κ2) is 11.2. The van der Waals surface area contributed by atoms with E-state index < -0.39 is 10.0 Å². The molecule has 3 rings (SSSR count). The number of ether oxygens (including phenoxy) is 2. The summed E-state index contributed by atoms with van der Waals surface area (Å²) in [4.78, 5) is 15.6. The molecule has 1 aromatic rings. The van der Waals surface area contributed by atoms with Crippen LogP contribution in [-0.2, 0) is 19.6 Å². The van der Waals surface area contributed by atoms with Crippen LogP contribution < -0.4 is 10.1 Å². The van der Waals surface area contributed by atoms with Crippen molar-refractivity contribution in [2.24, 2.45) is 5.92 Å². The number of carbonyl (C=O) groups is 1. The van der Waals surface area contributed by atoms with E-state index in [0.717, 1.165) is 19.3 Å². The summed E-state index contributed by atoms with van der Waals surface area (Å²) in [5.41, 5.74) is 0.457. The minimum absolute atomic E-state index is 0.0505. The Morgan fingerprint density at radius 1 is 1.15 bits per heavy atom. The van der Waals surface area contributed by atoms with Crippen LogP contribution in [0.1, 0.15) is 53.9 Å². The number of nitrogens with zero attached hydrogens (tertiary/aromatic N) is 2. The van der Waals surface area contributed by atoms with Gasteiger partial charge in [0.15, 0.2) is 0 Å². The van der Waals surface area contributed by atoms with Crippen LogP contribution in [-0.4, -0.2) is 74.6 Å². The molecular weight excluding hydrogens is 442 g/mol. The van der Waals surface area contributed by atoms with Crippen LogP contribution in [0.3, 0.4) is 0 Å². The van der Waals surface area contributed by atoms with Gasteiger partial charge in [0.25, 0.3) is 0 Å². The third-order valence-corrected chi connectivity index (χ3v) is 8.11. The lowest BCUT2D eigenvalue weighted by atomic mass is 9.99. The second-order valence-electron chi connectivity index (χ2n) is 9.45. The van der Waals surface area contributed by atoms with Crippen LogP contribution in [0.25, 0.3) is 0 Å². The Kier molecular flexibility index (Phi) is 8.77. The Bertz CT molecular complexity index is 905. The highest BCUT2D eigenvalue weighted by atomic mass is 32.2. The molecule has 2 aliphatic heterocycles. The number of rotatable bonds is 8. The average Bonchev–Trinajstić information content (AvgIpc) is 2.74. The largest absolute Gasteiger partial charge is 0.492 e. The molecule has 186 valence electrons. The summed E-state index contributed by atoms with van der Waals surface area (Å²) in [6, 6.07) is 4.54. The van der Waals surface area contributed by atoms with Crippen LogP contribution >= 0.6 is 0 Å². The van der Waals surface area contributed by atoms with Crippen LogP contribution in [0.5, 0.6) is 5.75 Å². The highest BCUT2D eigenvalue weighted by molar-refractivity contribution is 7.89. The van der Waals surface area contributed by atoms with Gasteiger partial charge in [0.1, 0.15) is 10.6 Å². The van der Waals surface area contributed by atoms with Gasteiger partial charge in [0.2, 0.25) is 15.9 Å². The van der Waals surface area contributed by atoms with Crippen molar-refractivity contribution in [3.63, 3.8) is 0 Å². The summed E-state index contributed by atoms with van der Waals surface area (Å²) < 4.78 is 39.8. The van der Waals surface area contributed by atoms with E-state index in [1.165, 1.54) is 10.4 Å². The molecule has 2 heterocycles. The van der Waals surface area contributed by atoms with Crippen molar-refractivity contribution < 1.29 is 22.7 Å². The standard InChI is InChI=1S/C24H39N3O5S/c1-6-31-21-11-10-20(14-22(21)33(29,30)27-12-8-7-9-13-27)25-24(28)23(17(2)3)26-15-18(4)32-19(5)16-26/h10-11,14,17-19,23H,6-9,12-13,15-16H2,1-5H3,(H,25,28). The zero-order chi connectivity index (χ0) is 24.2. The predicted molar refractivity (Wildman–Crippen MR) is 129 cm³/mol. The highest BCUT2D eigenvalue weighted by Crippen LogP contribution is 2.32. The van der Waals surface area contributed by atoms with Crippen molar-refractivity contribution in [2.75, 3.05) is 38.1 Å². The maximum atomic E-state index is 13.4. The molecule has 9 heteroatoms. The third kappa shape index (κ3) is 6.26. The smallest absolute Gasteiger partial charge is 0.246 e. The van der Waals surface area contributed by atoms with Crippen LogP contribution in [0.2, 0.25) is 0 Å². The first-order valence-electron chi connectivity index (χ1n) is 12.1. The zero-order valence-electron chi connectivity index (χ0n) is 20.5. The van der Waals surface area contributed by atoms with Gasteiger partial charge in [-0.1, -0.05) is 20.3 Å². The predicted octanol–water partition coefficient (Wildman–Crippen LogP) is 3.33. The molecule has 1 N–H and O–H groups in total. The molecule has 1 aromatic carbocycles. The van der Waals surface area contributed by atoms with E-state index >= 15 is 0 Å². The third-order valence-electron chi connectivity index (χ3n) is 6.19. The molecule has 0 radical (unpaired) electrons. The monoisotopic (exact) mass is 481 g/mol. The number of morpholine rings is 1. The second-order valence-corrected chi connectivity index (χ2v) is 11.4. The lowest BCUT2D eigenvalue weighted by molar-refractivity contribution is -0.130. The van der Waals surface area contributed by atoms with Gasteiger partial charge < -0.3 is 14.8 Å². The number of hydrogen-bond acceptors (Lipinski definition) is 6. The summed E-state index contributed by atoms with van der Waals surface area (Å²) >= 11 is 0. The van der Waals surface area contributed by atoms with E-state index in [1.807, 2.05) is 34.6 Å². The molecule has 3 atom stereocenters. The minimum Gasteiger partial charge on any atom is -0.492 e. The quantitative estimate of drug-likeness (QED) is 0.613. The van der Waals surface area contributed by atoms with Crippen molar-refractivity contribution in [1.29, 1.82) is 0 Å². The van der Waals surface area contributed by atoms with Crippen molar-refractivity contribution in [2.45, 2.75) is 77.0 Å². The molecule has 2 saturated heterocycles. The maximum absolute atomic E-state index is 13.4. The fourth-order valence-electron chi connectivity index (χ4n) is 4.86.